The van der Waals surface area contributed by atoms with Crippen molar-refractivity contribution in [2.45, 2.75) is 12.6 Å². The molecule has 10 heteroatoms. The molecule has 0 atom stereocenters. The van der Waals surface area contributed by atoms with Crippen LogP contribution in [0.15, 0.2) is 28.2 Å². The Balaban J connectivity index is 1.73. The second-order valence-electron chi connectivity index (χ2n) is 6.69. The van der Waals surface area contributed by atoms with Crippen LogP contribution in [0, 0.1) is 0 Å². The summed E-state index contributed by atoms with van der Waals surface area (Å²) in [5.41, 5.74) is -0.587. The van der Waals surface area contributed by atoms with Gasteiger partial charge in [-0.25, -0.2) is 4.98 Å². The summed E-state index contributed by atoms with van der Waals surface area (Å²) in [5.74, 6) is -0.613. The molecule has 0 bridgehead atoms. The minimum atomic E-state index is -4.52. The number of alkyl halides is 3. The van der Waals surface area contributed by atoms with Gasteiger partial charge in [-0.2, -0.15) is 13.2 Å². The molecular weight excluding hydrogens is 457 g/mol. The number of halogens is 4. The minimum absolute atomic E-state index is 0.0398. The average Bonchev–Trinajstić information content (AvgIpc) is 3.05. The van der Waals surface area contributed by atoms with Crippen molar-refractivity contribution >= 4 is 38.3 Å². The summed E-state index contributed by atoms with van der Waals surface area (Å²) >= 11 is 4.42. The molecule has 3 rings (SSSR count). The van der Waals surface area contributed by atoms with E-state index in [1.165, 1.54) is 29.7 Å². The van der Waals surface area contributed by atoms with Crippen molar-refractivity contribution < 1.29 is 18.0 Å². The summed E-state index contributed by atoms with van der Waals surface area (Å²) in [6.07, 6.45) is -2.71. The van der Waals surface area contributed by atoms with E-state index in [1.807, 2.05) is 7.05 Å². The number of piperazine rings is 1. The van der Waals surface area contributed by atoms with Crippen molar-refractivity contribution in [2.75, 3.05) is 45.1 Å². The molecule has 5 nitrogen and oxygen atoms in total. The molecule has 2 aromatic rings. The number of rotatable bonds is 5. The van der Waals surface area contributed by atoms with Gasteiger partial charge >= 0.3 is 6.18 Å². The first-order chi connectivity index (χ1) is 13.2. The quantitative estimate of drug-likeness (QED) is 0.709. The first-order valence-corrected chi connectivity index (χ1v) is 10.4. The first kappa shape index (κ1) is 21.2. The molecule has 0 spiro atoms. The Morgan fingerprint density at radius 3 is 2.61 bits per heavy atom. The van der Waals surface area contributed by atoms with Crippen molar-refractivity contribution in [1.29, 1.82) is 0 Å². The number of amides is 1. The Bertz CT molecular complexity index is 834. The van der Waals surface area contributed by atoms with Gasteiger partial charge in [0.15, 0.2) is 5.13 Å². The Labute approximate surface area is 173 Å². The number of likely N-dealkylation sites (N-methyl/N-ethyl adjacent to an activating group) is 1. The maximum Gasteiger partial charge on any atom is 0.416 e. The molecule has 152 valence electrons. The highest BCUT2D eigenvalue weighted by molar-refractivity contribution is 9.11. The zero-order valence-electron chi connectivity index (χ0n) is 15.2. The normalized spacial score (nSPS) is 16.3. The summed E-state index contributed by atoms with van der Waals surface area (Å²) in [5, 5.41) is 2.85. The molecule has 1 aliphatic heterocycles. The molecule has 1 saturated heterocycles. The summed E-state index contributed by atoms with van der Waals surface area (Å²) < 4.78 is 41.4. The number of carbonyl (C=O) groups excluding carboxylic acids is 1. The van der Waals surface area contributed by atoms with Crippen molar-refractivity contribution in [3.05, 3.63) is 44.9 Å². The number of aromatic nitrogens is 1. The predicted molar refractivity (Wildman–Crippen MR) is 107 cm³/mol. The Kier molecular flexibility index (Phi) is 6.74. The van der Waals surface area contributed by atoms with E-state index in [-0.39, 0.29) is 11.1 Å². The molecule has 1 N–H and O–H groups in total. The van der Waals surface area contributed by atoms with E-state index in [0.717, 1.165) is 36.0 Å². The van der Waals surface area contributed by atoms with Gasteiger partial charge < -0.3 is 9.80 Å². The highest BCUT2D eigenvalue weighted by Crippen LogP contribution is 2.33. The van der Waals surface area contributed by atoms with Gasteiger partial charge in [0.25, 0.3) is 5.91 Å². The molecular formula is C18H20BrF3N4OS. The lowest BCUT2D eigenvalue weighted by atomic mass is 10.00. The SMILES string of the molecule is CN1CCN(CCc2ccc(C(=O)Nc3ncc(Br)s3)cc2C(F)(F)F)CC1. The second kappa shape index (κ2) is 8.89. The molecule has 1 aromatic heterocycles. The van der Waals surface area contributed by atoms with Crippen molar-refractivity contribution in [3.63, 3.8) is 0 Å². The fraction of sp³-hybridized carbons (Fsp3) is 0.444. The maximum absolute atomic E-state index is 13.6. The second-order valence-corrected chi connectivity index (χ2v) is 9.10. The number of thiazole rings is 1. The third kappa shape index (κ3) is 5.53. The summed E-state index contributed by atoms with van der Waals surface area (Å²) in [6, 6.07) is 3.77. The monoisotopic (exact) mass is 476 g/mol. The first-order valence-electron chi connectivity index (χ1n) is 8.76. The van der Waals surface area contributed by atoms with Crippen molar-refractivity contribution in [2.24, 2.45) is 0 Å². The van der Waals surface area contributed by atoms with Crippen LogP contribution in [0.25, 0.3) is 0 Å². The van der Waals surface area contributed by atoms with E-state index in [1.54, 1.807) is 0 Å². The molecule has 1 aliphatic rings. The molecule has 0 unspecified atom stereocenters. The number of anilines is 1. The van der Waals surface area contributed by atoms with Crippen LogP contribution in [-0.2, 0) is 12.6 Å². The van der Waals surface area contributed by atoms with Crippen molar-refractivity contribution in [1.82, 2.24) is 14.8 Å². The van der Waals surface area contributed by atoms with Gasteiger partial charge in [-0.05, 0) is 47.1 Å². The van der Waals surface area contributed by atoms with Gasteiger partial charge in [-0.15, -0.1) is 0 Å². The smallest absolute Gasteiger partial charge is 0.304 e. The molecule has 28 heavy (non-hydrogen) atoms. The molecule has 1 aromatic carbocycles. The third-order valence-corrected chi connectivity index (χ3v) is 6.06. The summed E-state index contributed by atoms with van der Waals surface area (Å²) in [6.45, 7) is 4.09. The van der Waals surface area contributed by atoms with Crippen LogP contribution in [0.2, 0.25) is 0 Å². The fourth-order valence-electron chi connectivity index (χ4n) is 3.03. The van der Waals surface area contributed by atoms with E-state index in [9.17, 15) is 18.0 Å². The van der Waals surface area contributed by atoms with E-state index < -0.39 is 17.6 Å². The number of benzene rings is 1. The van der Waals surface area contributed by atoms with Gasteiger partial charge in [0.1, 0.15) is 0 Å². The van der Waals surface area contributed by atoms with Crippen LogP contribution >= 0.6 is 27.3 Å². The van der Waals surface area contributed by atoms with Gasteiger partial charge in [0, 0.05) is 38.3 Å². The lowest BCUT2D eigenvalue weighted by Gasteiger charge is -2.32. The molecule has 1 amide bonds. The Hall–Kier alpha value is -1.49. The molecule has 0 radical (unpaired) electrons. The molecule has 1 fully saturated rings. The Morgan fingerprint density at radius 1 is 1.29 bits per heavy atom. The lowest BCUT2D eigenvalue weighted by Crippen LogP contribution is -2.45. The summed E-state index contributed by atoms with van der Waals surface area (Å²) in [7, 11) is 2.03. The van der Waals surface area contributed by atoms with Gasteiger partial charge in [0.05, 0.1) is 15.5 Å². The van der Waals surface area contributed by atoms with Gasteiger partial charge in [0.2, 0.25) is 0 Å². The van der Waals surface area contributed by atoms with Gasteiger partial charge in [-0.1, -0.05) is 17.4 Å². The van der Waals surface area contributed by atoms with E-state index in [4.69, 9.17) is 0 Å². The zero-order valence-corrected chi connectivity index (χ0v) is 17.6. The number of hydrogen-bond acceptors (Lipinski definition) is 5. The average molecular weight is 477 g/mol. The fourth-order valence-corrected chi connectivity index (χ4v) is 4.13. The molecule has 0 aliphatic carbocycles. The minimum Gasteiger partial charge on any atom is -0.304 e. The van der Waals surface area contributed by atoms with Crippen LogP contribution < -0.4 is 5.32 Å². The van der Waals surface area contributed by atoms with Crippen LogP contribution in [0.5, 0.6) is 0 Å². The lowest BCUT2D eigenvalue weighted by molar-refractivity contribution is -0.138. The van der Waals surface area contributed by atoms with Crippen LogP contribution in [0.3, 0.4) is 0 Å². The number of nitrogens with one attached hydrogen (secondary N) is 1. The predicted octanol–water partition coefficient (Wildman–Crippen LogP) is 3.97. The zero-order chi connectivity index (χ0) is 20.3. The topological polar surface area (TPSA) is 48.5 Å². The Morgan fingerprint density at radius 2 is 2.00 bits per heavy atom. The van der Waals surface area contributed by atoms with Crippen molar-refractivity contribution in [3.8, 4) is 0 Å². The number of hydrogen-bond donors (Lipinski definition) is 1. The number of carbonyl (C=O) groups is 1. The van der Waals surface area contributed by atoms with E-state index in [2.05, 4.69) is 36.0 Å². The standard InChI is InChI=1S/C18H20BrF3N4OS/c1-25-6-8-26(9-7-25)5-4-12-2-3-13(10-14(12)18(20,21)22)16(27)24-17-23-11-15(19)28-17/h2-3,10-11H,4-9H2,1H3,(H,23,24,27). The molecule has 0 saturated carbocycles. The highest BCUT2D eigenvalue weighted by atomic mass is 79.9. The number of nitrogens with zero attached hydrogens (tertiary/aromatic N) is 3. The van der Waals surface area contributed by atoms with E-state index in [0.29, 0.717) is 18.1 Å². The van der Waals surface area contributed by atoms with Gasteiger partial charge in [-0.3, -0.25) is 10.1 Å². The molecule has 2 heterocycles. The maximum atomic E-state index is 13.6. The van der Waals surface area contributed by atoms with Crippen LogP contribution in [0.1, 0.15) is 21.5 Å². The van der Waals surface area contributed by atoms with E-state index >= 15 is 0 Å². The largest absolute Gasteiger partial charge is 0.416 e. The summed E-state index contributed by atoms with van der Waals surface area (Å²) in [4.78, 5) is 20.6. The highest BCUT2D eigenvalue weighted by Gasteiger charge is 2.34. The van der Waals surface area contributed by atoms with Crippen LogP contribution in [-0.4, -0.2) is 60.5 Å². The third-order valence-electron chi connectivity index (χ3n) is 4.67. The van der Waals surface area contributed by atoms with Crippen LogP contribution in [0.4, 0.5) is 18.3 Å².